The highest BCUT2D eigenvalue weighted by atomic mass is 16.5. The van der Waals surface area contributed by atoms with Crippen LogP contribution in [-0.2, 0) is 22.6 Å². The maximum absolute atomic E-state index is 12.1. The molecule has 3 N–H and O–H groups in total. The van der Waals surface area contributed by atoms with Gasteiger partial charge in [0.1, 0.15) is 11.6 Å². The van der Waals surface area contributed by atoms with E-state index in [2.05, 4.69) is 20.2 Å². The Balaban J connectivity index is 1.53. The fraction of sp³-hybridized carbons (Fsp3) is 0.500. The van der Waals surface area contributed by atoms with Crippen molar-refractivity contribution in [2.24, 2.45) is 0 Å². The lowest BCUT2D eigenvalue weighted by atomic mass is 10.2. The van der Waals surface area contributed by atoms with Crippen LogP contribution in [0.2, 0.25) is 0 Å². The number of aromatic nitrogens is 2. The van der Waals surface area contributed by atoms with Gasteiger partial charge in [-0.25, -0.2) is 4.98 Å². The first-order valence-electron chi connectivity index (χ1n) is 9.65. The third-order valence-electron chi connectivity index (χ3n) is 4.62. The number of benzene rings is 1. The average molecular weight is 388 g/mol. The smallest absolute Gasteiger partial charge is 0.258 e. The summed E-state index contributed by atoms with van der Waals surface area (Å²) in [5.41, 5.74) is 0.953. The Labute approximate surface area is 164 Å². The molecule has 1 unspecified atom stereocenters. The Morgan fingerprint density at radius 2 is 2.29 bits per heavy atom. The van der Waals surface area contributed by atoms with Gasteiger partial charge in [-0.05, 0) is 18.9 Å². The monoisotopic (exact) mass is 388 g/mol. The molecule has 1 aromatic carbocycles. The maximum Gasteiger partial charge on any atom is 0.258 e. The number of hydrogen-bond donors (Lipinski definition) is 3. The van der Waals surface area contributed by atoms with Gasteiger partial charge in [-0.1, -0.05) is 18.2 Å². The van der Waals surface area contributed by atoms with E-state index in [1.165, 1.54) is 0 Å². The van der Waals surface area contributed by atoms with Crippen LogP contribution in [0.1, 0.15) is 24.2 Å². The summed E-state index contributed by atoms with van der Waals surface area (Å²) in [7, 11) is 0. The molecule has 1 amide bonds. The molecule has 0 radical (unpaired) electrons. The number of ether oxygens (including phenoxy) is 2. The van der Waals surface area contributed by atoms with Crippen molar-refractivity contribution >= 4 is 5.91 Å². The minimum Gasteiger partial charge on any atom is -0.483 e. The van der Waals surface area contributed by atoms with E-state index in [1.54, 1.807) is 12.4 Å². The largest absolute Gasteiger partial charge is 0.483 e. The first-order valence-corrected chi connectivity index (χ1v) is 9.65. The van der Waals surface area contributed by atoms with Crippen LogP contribution in [-0.4, -0.2) is 64.9 Å². The van der Waals surface area contributed by atoms with Gasteiger partial charge in [-0.3, -0.25) is 9.69 Å². The summed E-state index contributed by atoms with van der Waals surface area (Å²) in [6, 6.07) is 7.63. The second-order valence-corrected chi connectivity index (χ2v) is 6.81. The van der Waals surface area contributed by atoms with Gasteiger partial charge in [0.25, 0.3) is 5.91 Å². The Hall–Kier alpha value is -2.42. The van der Waals surface area contributed by atoms with Crippen LogP contribution in [0.5, 0.6) is 5.75 Å². The van der Waals surface area contributed by atoms with E-state index < -0.39 is 0 Å². The number of rotatable bonds is 11. The third-order valence-corrected chi connectivity index (χ3v) is 4.62. The highest BCUT2D eigenvalue weighted by molar-refractivity contribution is 5.77. The molecule has 8 heteroatoms. The van der Waals surface area contributed by atoms with Crippen LogP contribution in [0.15, 0.2) is 36.7 Å². The van der Waals surface area contributed by atoms with Gasteiger partial charge in [0.05, 0.1) is 19.3 Å². The molecule has 1 aromatic heterocycles. The van der Waals surface area contributed by atoms with E-state index in [9.17, 15) is 9.90 Å². The Kier molecular flexibility index (Phi) is 7.83. The summed E-state index contributed by atoms with van der Waals surface area (Å²) in [5, 5.41) is 12.2. The van der Waals surface area contributed by atoms with Gasteiger partial charge in [-0.15, -0.1) is 0 Å². The summed E-state index contributed by atoms with van der Waals surface area (Å²) in [4.78, 5) is 21.5. The summed E-state index contributed by atoms with van der Waals surface area (Å²) < 4.78 is 11.3. The van der Waals surface area contributed by atoms with Crippen LogP contribution < -0.4 is 10.1 Å². The number of aromatic amines is 1. The molecule has 152 valence electrons. The fourth-order valence-electron chi connectivity index (χ4n) is 3.20. The van der Waals surface area contributed by atoms with Crippen LogP contribution in [0.25, 0.3) is 0 Å². The van der Waals surface area contributed by atoms with Crippen molar-refractivity contribution in [3.8, 4) is 5.75 Å². The number of carbonyl (C=O) groups excluding carboxylic acids is 1. The van der Waals surface area contributed by atoms with E-state index in [-0.39, 0.29) is 25.2 Å². The summed E-state index contributed by atoms with van der Waals surface area (Å²) in [6.07, 6.45) is 5.63. The maximum atomic E-state index is 12.1. The molecule has 0 aliphatic carbocycles. The van der Waals surface area contributed by atoms with Gasteiger partial charge in [0.15, 0.2) is 6.61 Å². The van der Waals surface area contributed by atoms with Crippen molar-refractivity contribution in [3.63, 3.8) is 0 Å². The first kappa shape index (κ1) is 20.3. The highest BCUT2D eigenvalue weighted by Gasteiger charge is 2.17. The molecule has 2 heterocycles. The summed E-state index contributed by atoms with van der Waals surface area (Å²) in [6.45, 7) is 2.98. The lowest BCUT2D eigenvalue weighted by Gasteiger charge is -2.22. The van der Waals surface area contributed by atoms with E-state index in [4.69, 9.17) is 9.47 Å². The molecule has 8 nitrogen and oxygen atoms in total. The Morgan fingerprint density at radius 1 is 1.39 bits per heavy atom. The quantitative estimate of drug-likeness (QED) is 0.533. The molecule has 1 aliphatic heterocycles. The van der Waals surface area contributed by atoms with E-state index >= 15 is 0 Å². The number of hydrogen-bond acceptors (Lipinski definition) is 6. The molecule has 1 atom stereocenters. The second-order valence-electron chi connectivity index (χ2n) is 6.81. The number of carbonyl (C=O) groups is 1. The topological polar surface area (TPSA) is 99.7 Å². The molecule has 1 aliphatic rings. The number of amides is 1. The number of para-hydroxylation sites is 1. The van der Waals surface area contributed by atoms with Crippen LogP contribution >= 0.6 is 0 Å². The van der Waals surface area contributed by atoms with Gasteiger partial charge in [0, 0.05) is 44.2 Å². The van der Waals surface area contributed by atoms with E-state index in [1.807, 2.05) is 24.3 Å². The number of H-pyrrole nitrogens is 1. The van der Waals surface area contributed by atoms with Gasteiger partial charge < -0.3 is 24.9 Å². The normalized spacial score (nSPS) is 16.4. The molecule has 1 fully saturated rings. The van der Waals surface area contributed by atoms with E-state index in [0.717, 1.165) is 30.8 Å². The fourth-order valence-corrected chi connectivity index (χ4v) is 3.20. The van der Waals surface area contributed by atoms with Crippen molar-refractivity contribution in [1.82, 2.24) is 20.2 Å². The van der Waals surface area contributed by atoms with Crippen molar-refractivity contribution in [1.29, 1.82) is 0 Å². The van der Waals surface area contributed by atoms with Crippen LogP contribution in [0.3, 0.4) is 0 Å². The van der Waals surface area contributed by atoms with Crippen molar-refractivity contribution in [2.75, 3.05) is 32.9 Å². The van der Waals surface area contributed by atoms with Crippen molar-refractivity contribution in [3.05, 3.63) is 48.0 Å². The predicted molar refractivity (Wildman–Crippen MR) is 104 cm³/mol. The molecule has 0 spiro atoms. The first-order chi connectivity index (χ1) is 13.7. The standard InChI is InChI=1S/C20H28N4O4/c25-10-9-24(14-19-21-7-8-22-19)13-16-4-1-2-6-18(16)28-15-20(26)23-12-17-5-3-11-27-17/h1-2,4,6-8,17,25H,3,5,9-15H2,(H,21,22)(H,23,26). The minimum atomic E-state index is -0.159. The molecule has 28 heavy (non-hydrogen) atoms. The number of aliphatic hydroxyl groups excluding tert-OH is 1. The molecule has 0 saturated carbocycles. The zero-order valence-electron chi connectivity index (χ0n) is 16.0. The number of aliphatic hydroxyl groups is 1. The van der Waals surface area contributed by atoms with Gasteiger partial charge >= 0.3 is 0 Å². The van der Waals surface area contributed by atoms with Crippen molar-refractivity contribution < 1.29 is 19.4 Å². The Morgan fingerprint density at radius 3 is 3.04 bits per heavy atom. The van der Waals surface area contributed by atoms with Gasteiger partial charge in [0.2, 0.25) is 0 Å². The minimum absolute atomic E-state index is 0.0398. The lowest BCUT2D eigenvalue weighted by molar-refractivity contribution is -0.123. The molecular weight excluding hydrogens is 360 g/mol. The van der Waals surface area contributed by atoms with Gasteiger partial charge in [-0.2, -0.15) is 0 Å². The van der Waals surface area contributed by atoms with Crippen molar-refractivity contribution in [2.45, 2.75) is 32.0 Å². The third kappa shape index (κ3) is 6.33. The Bertz CT molecular complexity index is 717. The summed E-state index contributed by atoms with van der Waals surface area (Å²) in [5.74, 6) is 1.34. The number of imidazole rings is 1. The molecule has 0 bridgehead atoms. The number of nitrogens with one attached hydrogen (secondary N) is 2. The predicted octanol–water partition coefficient (Wildman–Crippen LogP) is 1.08. The molecular formula is C20H28N4O4. The zero-order valence-corrected chi connectivity index (χ0v) is 16.0. The van der Waals surface area contributed by atoms with Crippen LogP contribution in [0.4, 0.5) is 0 Å². The van der Waals surface area contributed by atoms with Crippen LogP contribution in [0, 0.1) is 0 Å². The molecule has 3 rings (SSSR count). The second kappa shape index (κ2) is 10.8. The highest BCUT2D eigenvalue weighted by Crippen LogP contribution is 2.20. The average Bonchev–Trinajstić information content (AvgIpc) is 3.40. The zero-order chi connectivity index (χ0) is 19.6. The summed E-state index contributed by atoms with van der Waals surface area (Å²) >= 11 is 0. The van der Waals surface area contributed by atoms with E-state index in [0.29, 0.717) is 31.9 Å². The number of nitrogens with zero attached hydrogens (tertiary/aromatic N) is 2. The lowest BCUT2D eigenvalue weighted by Crippen LogP contribution is -2.35. The SMILES string of the molecule is O=C(COc1ccccc1CN(CCO)Cc1ncc[nH]1)NCC1CCCO1. The molecule has 1 saturated heterocycles. The molecule has 2 aromatic rings.